The molecule has 0 heterocycles. The molecule has 0 aliphatic carbocycles. The zero-order valence-corrected chi connectivity index (χ0v) is 12.0. The molecule has 2 aromatic rings. The van der Waals surface area contributed by atoms with Gasteiger partial charge in [0, 0.05) is 18.1 Å². The molecular formula is C16H16ClNO2. The van der Waals surface area contributed by atoms with Crippen LogP contribution in [0.3, 0.4) is 0 Å². The first-order chi connectivity index (χ1) is 9.61. The van der Waals surface area contributed by atoms with E-state index in [-0.39, 0.29) is 5.56 Å². The zero-order chi connectivity index (χ0) is 14.5. The Bertz CT molecular complexity index is 599. The van der Waals surface area contributed by atoms with Crippen LogP contribution in [0.2, 0.25) is 5.02 Å². The van der Waals surface area contributed by atoms with Gasteiger partial charge in [-0.3, -0.25) is 0 Å². The molecule has 0 amide bonds. The minimum Gasteiger partial charge on any atom is -0.478 e. The van der Waals surface area contributed by atoms with Crippen LogP contribution in [0, 0.1) is 0 Å². The van der Waals surface area contributed by atoms with Gasteiger partial charge < -0.3 is 10.0 Å². The van der Waals surface area contributed by atoms with Gasteiger partial charge in [0.1, 0.15) is 0 Å². The molecule has 0 spiro atoms. The van der Waals surface area contributed by atoms with Crippen LogP contribution in [0.5, 0.6) is 0 Å². The van der Waals surface area contributed by atoms with Crippen molar-refractivity contribution in [2.24, 2.45) is 0 Å². The number of halogens is 1. The monoisotopic (exact) mass is 289 g/mol. The number of aromatic carboxylic acids is 1. The predicted molar refractivity (Wildman–Crippen MR) is 81.6 cm³/mol. The molecule has 0 atom stereocenters. The third-order valence-electron chi connectivity index (χ3n) is 3.13. The number of carbonyl (C=O) groups is 1. The second kappa shape index (κ2) is 6.44. The summed E-state index contributed by atoms with van der Waals surface area (Å²) in [5.41, 5.74) is 2.05. The second-order valence-corrected chi connectivity index (χ2v) is 4.90. The lowest BCUT2D eigenvalue weighted by molar-refractivity contribution is 0.0697. The Kier molecular flexibility index (Phi) is 4.64. The van der Waals surface area contributed by atoms with Gasteiger partial charge in [0.05, 0.1) is 11.3 Å². The van der Waals surface area contributed by atoms with E-state index in [1.54, 1.807) is 18.2 Å². The number of rotatable bonds is 5. The lowest BCUT2D eigenvalue weighted by atomic mass is 10.1. The van der Waals surface area contributed by atoms with Crippen molar-refractivity contribution in [3.8, 4) is 0 Å². The molecule has 3 nitrogen and oxygen atoms in total. The minimum absolute atomic E-state index is 0.271. The molecule has 20 heavy (non-hydrogen) atoms. The number of carboxylic acid groups (broad SMARTS) is 1. The smallest absolute Gasteiger partial charge is 0.337 e. The summed E-state index contributed by atoms with van der Waals surface area (Å²) in [7, 11) is 0. The van der Waals surface area contributed by atoms with E-state index in [1.165, 1.54) is 0 Å². The third kappa shape index (κ3) is 3.31. The highest BCUT2D eigenvalue weighted by Crippen LogP contribution is 2.26. The van der Waals surface area contributed by atoms with Crippen LogP contribution in [0.1, 0.15) is 22.8 Å². The van der Waals surface area contributed by atoms with Gasteiger partial charge in [-0.05, 0) is 30.7 Å². The van der Waals surface area contributed by atoms with Gasteiger partial charge in [-0.25, -0.2) is 4.79 Å². The fraction of sp³-hybridized carbons (Fsp3) is 0.188. The quantitative estimate of drug-likeness (QED) is 0.902. The van der Waals surface area contributed by atoms with E-state index >= 15 is 0 Å². The average molecular weight is 290 g/mol. The molecular weight excluding hydrogens is 274 g/mol. The maximum atomic E-state index is 11.3. The van der Waals surface area contributed by atoms with Crippen molar-refractivity contribution in [3.63, 3.8) is 0 Å². The summed E-state index contributed by atoms with van der Waals surface area (Å²) in [5.74, 6) is -0.942. The summed E-state index contributed by atoms with van der Waals surface area (Å²) >= 11 is 6.01. The predicted octanol–water partition coefficient (Wildman–Crippen LogP) is 4.06. The maximum absolute atomic E-state index is 11.3. The Labute approximate surface area is 123 Å². The molecule has 0 aliphatic heterocycles. The number of hydrogen-bond acceptors (Lipinski definition) is 2. The molecule has 2 rings (SSSR count). The Morgan fingerprint density at radius 2 is 1.90 bits per heavy atom. The molecule has 0 aliphatic rings. The van der Waals surface area contributed by atoms with E-state index in [0.29, 0.717) is 23.8 Å². The summed E-state index contributed by atoms with van der Waals surface area (Å²) in [6.45, 7) is 3.35. The van der Waals surface area contributed by atoms with Crippen molar-refractivity contribution in [1.29, 1.82) is 0 Å². The first-order valence-electron chi connectivity index (χ1n) is 6.43. The van der Waals surface area contributed by atoms with Crippen molar-refractivity contribution in [1.82, 2.24) is 0 Å². The molecule has 0 radical (unpaired) electrons. The fourth-order valence-electron chi connectivity index (χ4n) is 2.12. The van der Waals surface area contributed by atoms with Gasteiger partial charge in [-0.15, -0.1) is 0 Å². The van der Waals surface area contributed by atoms with E-state index in [2.05, 4.69) is 0 Å². The molecule has 0 aromatic heterocycles. The second-order valence-electron chi connectivity index (χ2n) is 4.47. The molecule has 0 fully saturated rings. The standard InChI is InChI=1S/C16H16ClNO2/c1-2-18(11-12-6-4-3-5-7-12)15-10-13(17)8-9-14(15)16(19)20/h3-10H,2,11H2,1H3,(H,19,20). The Balaban J connectivity index is 2.36. The van der Waals surface area contributed by atoms with Crippen LogP contribution in [0.15, 0.2) is 48.5 Å². The molecule has 104 valence electrons. The van der Waals surface area contributed by atoms with Gasteiger partial charge in [0.15, 0.2) is 0 Å². The zero-order valence-electron chi connectivity index (χ0n) is 11.2. The number of benzene rings is 2. The molecule has 1 N–H and O–H groups in total. The number of nitrogens with zero attached hydrogens (tertiary/aromatic N) is 1. The van der Waals surface area contributed by atoms with Crippen LogP contribution in [-0.2, 0) is 6.54 Å². The van der Waals surface area contributed by atoms with Crippen LogP contribution in [0.25, 0.3) is 0 Å². The number of carboxylic acids is 1. The lowest BCUT2D eigenvalue weighted by Gasteiger charge is -2.25. The highest BCUT2D eigenvalue weighted by molar-refractivity contribution is 6.31. The first-order valence-corrected chi connectivity index (χ1v) is 6.81. The average Bonchev–Trinajstić information content (AvgIpc) is 2.45. The SMILES string of the molecule is CCN(Cc1ccccc1)c1cc(Cl)ccc1C(=O)O. The Hall–Kier alpha value is -2.00. The van der Waals surface area contributed by atoms with Crippen LogP contribution >= 0.6 is 11.6 Å². The van der Waals surface area contributed by atoms with Crippen LogP contribution < -0.4 is 4.90 Å². The minimum atomic E-state index is -0.942. The number of hydrogen-bond donors (Lipinski definition) is 1. The molecule has 4 heteroatoms. The maximum Gasteiger partial charge on any atom is 0.337 e. The lowest BCUT2D eigenvalue weighted by Crippen LogP contribution is -2.24. The van der Waals surface area contributed by atoms with E-state index in [4.69, 9.17) is 11.6 Å². The van der Waals surface area contributed by atoms with E-state index in [0.717, 1.165) is 5.56 Å². The largest absolute Gasteiger partial charge is 0.478 e. The normalized spacial score (nSPS) is 10.3. The Morgan fingerprint density at radius 1 is 1.20 bits per heavy atom. The molecule has 2 aromatic carbocycles. The summed E-state index contributed by atoms with van der Waals surface area (Å²) in [5, 5.41) is 9.84. The van der Waals surface area contributed by atoms with Crippen molar-refractivity contribution in [2.45, 2.75) is 13.5 Å². The molecule has 0 saturated carbocycles. The van der Waals surface area contributed by atoms with Crippen molar-refractivity contribution >= 4 is 23.3 Å². The van der Waals surface area contributed by atoms with Crippen molar-refractivity contribution in [3.05, 3.63) is 64.7 Å². The summed E-state index contributed by atoms with van der Waals surface area (Å²) in [6, 6.07) is 14.8. The Morgan fingerprint density at radius 3 is 2.50 bits per heavy atom. The fourth-order valence-corrected chi connectivity index (χ4v) is 2.28. The first kappa shape index (κ1) is 14.4. The van der Waals surface area contributed by atoms with Gasteiger partial charge in [-0.2, -0.15) is 0 Å². The van der Waals surface area contributed by atoms with Crippen LogP contribution in [-0.4, -0.2) is 17.6 Å². The number of anilines is 1. The van der Waals surface area contributed by atoms with Crippen molar-refractivity contribution in [2.75, 3.05) is 11.4 Å². The topological polar surface area (TPSA) is 40.5 Å². The van der Waals surface area contributed by atoms with Gasteiger partial charge in [-0.1, -0.05) is 41.9 Å². The van der Waals surface area contributed by atoms with Gasteiger partial charge >= 0.3 is 5.97 Å². The summed E-state index contributed by atoms with van der Waals surface area (Å²) < 4.78 is 0. The molecule has 0 saturated heterocycles. The van der Waals surface area contributed by atoms with Crippen molar-refractivity contribution < 1.29 is 9.90 Å². The highest BCUT2D eigenvalue weighted by Gasteiger charge is 2.15. The summed E-state index contributed by atoms with van der Waals surface area (Å²) in [4.78, 5) is 13.3. The summed E-state index contributed by atoms with van der Waals surface area (Å²) in [6.07, 6.45) is 0. The van der Waals surface area contributed by atoms with Gasteiger partial charge in [0.25, 0.3) is 0 Å². The van der Waals surface area contributed by atoms with E-state index in [9.17, 15) is 9.90 Å². The third-order valence-corrected chi connectivity index (χ3v) is 3.36. The van der Waals surface area contributed by atoms with E-state index < -0.39 is 5.97 Å². The molecule has 0 bridgehead atoms. The molecule has 0 unspecified atom stereocenters. The highest BCUT2D eigenvalue weighted by atomic mass is 35.5. The van der Waals surface area contributed by atoms with E-state index in [1.807, 2.05) is 42.2 Å². The van der Waals surface area contributed by atoms with Gasteiger partial charge in [0.2, 0.25) is 0 Å². The van der Waals surface area contributed by atoms with Crippen LogP contribution in [0.4, 0.5) is 5.69 Å².